The summed E-state index contributed by atoms with van der Waals surface area (Å²) in [5.41, 5.74) is 6.66. The number of aromatic nitrogens is 2. The molecule has 0 spiro atoms. The van der Waals surface area contributed by atoms with Gasteiger partial charge in [-0.1, -0.05) is 0 Å². The Labute approximate surface area is 91.4 Å². The number of nitrogen functional groups attached to an aromatic ring is 1. The highest BCUT2D eigenvalue weighted by atomic mass is 16.3. The molecule has 6 heteroatoms. The maximum atomic E-state index is 9.17. The number of nitrogens with two attached hydrogens (primary N) is 1. The fraction of sp³-hybridized carbons (Fsp3) is 0. The van der Waals surface area contributed by atoms with Crippen LogP contribution < -0.4 is 11.1 Å². The Kier molecular flexibility index (Phi) is 2.47. The highest BCUT2D eigenvalue weighted by molar-refractivity contribution is 5.72. The Morgan fingerprint density at radius 1 is 1.19 bits per heavy atom. The quantitative estimate of drug-likeness (QED) is 0.446. The summed E-state index contributed by atoms with van der Waals surface area (Å²) in [4.78, 5) is 7.30. The maximum absolute atomic E-state index is 9.17. The van der Waals surface area contributed by atoms with Crippen molar-refractivity contribution in [3.05, 3.63) is 30.5 Å². The third-order valence-corrected chi connectivity index (χ3v) is 1.94. The average Bonchev–Trinajstić information content (AvgIpc) is 2.22. The average molecular weight is 218 g/mol. The molecule has 6 nitrogen and oxygen atoms in total. The van der Waals surface area contributed by atoms with Crippen LogP contribution in [0.1, 0.15) is 0 Å². The standard InChI is InChI=1S/C10H10N4O2/c11-7-5-6(15)1-2-8(7)13-9-3-4-12-10(16)14-9/h1-5,15H,11H2,(H2,12,13,14,16). The molecule has 0 saturated carbocycles. The molecular formula is C10H10N4O2. The van der Waals surface area contributed by atoms with E-state index in [2.05, 4.69) is 15.3 Å². The molecule has 0 aliphatic heterocycles. The molecule has 0 unspecified atom stereocenters. The summed E-state index contributed by atoms with van der Waals surface area (Å²) in [5, 5.41) is 21.1. The predicted octanol–water partition coefficient (Wildman–Crippen LogP) is 1.21. The predicted molar refractivity (Wildman–Crippen MR) is 59.5 cm³/mol. The van der Waals surface area contributed by atoms with E-state index < -0.39 is 0 Å². The number of rotatable bonds is 2. The molecule has 1 aromatic heterocycles. The van der Waals surface area contributed by atoms with E-state index in [4.69, 9.17) is 10.8 Å². The molecule has 0 aliphatic rings. The molecule has 2 aromatic rings. The maximum Gasteiger partial charge on any atom is 0.315 e. The summed E-state index contributed by atoms with van der Waals surface area (Å²) >= 11 is 0. The number of nitrogens with zero attached hydrogens (tertiary/aromatic N) is 2. The minimum Gasteiger partial charge on any atom is -0.508 e. The lowest BCUT2D eigenvalue weighted by atomic mass is 10.2. The van der Waals surface area contributed by atoms with E-state index in [1.54, 1.807) is 12.1 Å². The third-order valence-electron chi connectivity index (χ3n) is 1.94. The molecule has 2 rings (SSSR count). The van der Waals surface area contributed by atoms with E-state index >= 15 is 0 Å². The molecule has 0 bridgehead atoms. The summed E-state index contributed by atoms with van der Waals surface area (Å²) in [6.45, 7) is 0. The van der Waals surface area contributed by atoms with Crippen molar-refractivity contribution in [2.24, 2.45) is 0 Å². The molecular weight excluding hydrogens is 208 g/mol. The normalized spacial score (nSPS) is 10.0. The van der Waals surface area contributed by atoms with Gasteiger partial charge in [-0.15, -0.1) is 0 Å². The van der Waals surface area contributed by atoms with Crippen molar-refractivity contribution in [1.29, 1.82) is 0 Å². The number of phenols is 1. The van der Waals surface area contributed by atoms with Crippen molar-refractivity contribution in [3.63, 3.8) is 0 Å². The fourth-order valence-corrected chi connectivity index (χ4v) is 1.22. The highest BCUT2D eigenvalue weighted by Crippen LogP contribution is 2.25. The van der Waals surface area contributed by atoms with Crippen LogP contribution in [0.3, 0.4) is 0 Å². The number of aromatic hydroxyl groups is 2. The van der Waals surface area contributed by atoms with Crippen LogP contribution in [-0.2, 0) is 0 Å². The monoisotopic (exact) mass is 218 g/mol. The van der Waals surface area contributed by atoms with Crippen LogP contribution in [0.5, 0.6) is 11.8 Å². The van der Waals surface area contributed by atoms with Gasteiger partial charge in [-0.25, -0.2) is 4.98 Å². The van der Waals surface area contributed by atoms with Crippen molar-refractivity contribution < 1.29 is 10.2 Å². The highest BCUT2D eigenvalue weighted by Gasteiger charge is 2.02. The Hall–Kier alpha value is -2.50. The lowest BCUT2D eigenvalue weighted by molar-refractivity contribution is 0.431. The van der Waals surface area contributed by atoms with Crippen molar-refractivity contribution in [1.82, 2.24) is 9.97 Å². The van der Waals surface area contributed by atoms with Gasteiger partial charge < -0.3 is 21.3 Å². The summed E-state index contributed by atoms with van der Waals surface area (Å²) in [7, 11) is 0. The van der Waals surface area contributed by atoms with Gasteiger partial charge in [0.2, 0.25) is 0 Å². The van der Waals surface area contributed by atoms with E-state index in [9.17, 15) is 5.11 Å². The first-order chi connectivity index (χ1) is 7.65. The minimum atomic E-state index is -0.317. The van der Waals surface area contributed by atoms with Gasteiger partial charge in [-0.3, -0.25) is 0 Å². The van der Waals surface area contributed by atoms with Crippen LogP contribution in [0.4, 0.5) is 17.2 Å². The Balaban J connectivity index is 2.27. The zero-order chi connectivity index (χ0) is 11.5. The van der Waals surface area contributed by atoms with Crippen LogP contribution in [-0.4, -0.2) is 20.2 Å². The molecule has 0 saturated heterocycles. The zero-order valence-corrected chi connectivity index (χ0v) is 8.25. The molecule has 0 radical (unpaired) electrons. The van der Waals surface area contributed by atoms with Crippen molar-refractivity contribution in [2.45, 2.75) is 0 Å². The lowest BCUT2D eigenvalue weighted by Crippen LogP contribution is -1.98. The first-order valence-corrected chi connectivity index (χ1v) is 4.52. The number of hydrogen-bond donors (Lipinski definition) is 4. The number of hydrogen-bond acceptors (Lipinski definition) is 6. The van der Waals surface area contributed by atoms with E-state index in [-0.39, 0.29) is 11.8 Å². The number of anilines is 3. The molecule has 0 atom stereocenters. The van der Waals surface area contributed by atoms with E-state index in [0.717, 1.165) is 0 Å². The topological polar surface area (TPSA) is 104 Å². The second-order valence-corrected chi connectivity index (χ2v) is 3.14. The molecule has 16 heavy (non-hydrogen) atoms. The van der Waals surface area contributed by atoms with Crippen LogP contribution >= 0.6 is 0 Å². The number of phenolic OH excluding ortho intramolecular Hbond substituents is 1. The summed E-state index contributed by atoms with van der Waals surface area (Å²) < 4.78 is 0. The van der Waals surface area contributed by atoms with Gasteiger partial charge in [0.05, 0.1) is 11.4 Å². The Bertz CT molecular complexity index is 516. The third kappa shape index (κ3) is 2.11. The van der Waals surface area contributed by atoms with E-state index in [1.807, 2.05) is 0 Å². The van der Waals surface area contributed by atoms with Crippen molar-refractivity contribution in [3.8, 4) is 11.8 Å². The van der Waals surface area contributed by atoms with Crippen LogP contribution in [0.2, 0.25) is 0 Å². The van der Waals surface area contributed by atoms with Gasteiger partial charge in [-0.2, -0.15) is 4.98 Å². The van der Waals surface area contributed by atoms with Crippen LogP contribution in [0.25, 0.3) is 0 Å². The van der Waals surface area contributed by atoms with Gasteiger partial charge >= 0.3 is 6.01 Å². The van der Waals surface area contributed by atoms with Gasteiger partial charge in [0.15, 0.2) is 0 Å². The summed E-state index contributed by atoms with van der Waals surface area (Å²) in [6.07, 6.45) is 1.42. The SMILES string of the molecule is Nc1cc(O)ccc1Nc1ccnc(O)n1. The van der Waals surface area contributed by atoms with E-state index in [1.165, 1.54) is 18.3 Å². The second kappa shape index (κ2) is 3.93. The molecule has 0 aliphatic carbocycles. The van der Waals surface area contributed by atoms with Crippen LogP contribution in [0, 0.1) is 0 Å². The summed E-state index contributed by atoms with van der Waals surface area (Å²) in [5.74, 6) is 0.512. The molecule has 82 valence electrons. The second-order valence-electron chi connectivity index (χ2n) is 3.14. The van der Waals surface area contributed by atoms with Crippen molar-refractivity contribution >= 4 is 17.2 Å². The minimum absolute atomic E-state index is 0.0913. The molecule has 1 aromatic carbocycles. The zero-order valence-electron chi connectivity index (χ0n) is 8.25. The first-order valence-electron chi connectivity index (χ1n) is 4.52. The van der Waals surface area contributed by atoms with Crippen LogP contribution in [0.15, 0.2) is 30.5 Å². The Morgan fingerprint density at radius 2 is 2.00 bits per heavy atom. The van der Waals surface area contributed by atoms with Gasteiger partial charge in [-0.05, 0) is 18.2 Å². The van der Waals surface area contributed by atoms with Gasteiger partial charge in [0.1, 0.15) is 11.6 Å². The van der Waals surface area contributed by atoms with E-state index in [0.29, 0.717) is 17.2 Å². The number of nitrogens with one attached hydrogen (secondary N) is 1. The molecule has 0 fully saturated rings. The first kappa shape index (κ1) is 10.0. The molecule has 5 N–H and O–H groups in total. The molecule has 0 amide bonds. The lowest BCUT2D eigenvalue weighted by Gasteiger charge is -2.08. The fourth-order valence-electron chi connectivity index (χ4n) is 1.22. The molecule has 1 heterocycles. The smallest absolute Gasteiger partial charge is 0.315 e. The Morgan fingerprint density at radius 3 is 2.69 bits per heavy atom. The summed E-state index contributed by atoms with van der Waals surface area (Å²) in [6, 6.07) is 5.81. The number of benzene rings is 1. The van der Waals surface area contributed by atoms with Gasteiger partial charge in [0, 0.05) is 12.3 Å². The largest absolute Gasteiger partial charge is 0.508 e. The van der Waals surface area contributed by atoms with Crippen molar-refractivity contribution in [2.75, 3.05) is 11.1 Å². The van der Waals surface area contributed by atoms with Gasteiger partial charge in [0.25, 0.3) is 0 Å².